The Morgan fingerprint density at radius 3 is 2.78 bits per heavy atom. The van der Waals surface area contributed by atoms with Crippen LogP contribution in [0.3, 0.4) is 0 Å². The van der Waals surface area contributed by atoms with Crippen molar-refractivity contribution in [3.63, 3.8) is 0 Å². The monoisotopic (exact) mass is 333 g/mol. The SMILES string of the molecule is CCOC(=O)C1=C(C)Nc2[nH]c(=O)[nH]c(=O)c2[C@H]1c1cccs1. The molecule has 0 saturated carbocycles. The third-order valence-corrected chi connectivity index (χ3v) is 4.53. The van der Waals surface area contributed by atoms with Crippen molar-refractivity contribution in [2.24, 2.45) is 0 Å². The molecule has 0 aliphatic carbocycles. The van der Waals surface area contributed by atoms with Gasteiger partial charge in [-0.15, -0.1) is 11.3 Å². The van der Waals surface area contributed by atoms with Crippen molar-refractivity contribution in [1.29, 1.82) is 0 Å². The number of ether oxygens (including phenoxy) is 1. The summed E-state index contributed by atoms with van der Waals surface area (Å²) in [6.45, 7) is 3.68. The summed E-state index contributed by atoms with van der Waals surface area (Å²) in [4.78, 5) is 41.9. The van der Waals surface area contributed by atoms with Crippen molar-refractivity contribution >= 4 is 23.1 Å². The first-order chi connectivity index (χ1) is 11.0. The molecule has 3 rings (SSSR count). The molecule has 8 heteroatoms. The topological polar surface area (TPSA) is 104 Å². The van der Waals surface area contributed by atoms with Crippen molar-refractivity contribution in [3.05, 3.63) is 60.1 Å². The van der Waals surface area contributed by atoms with Gasteiger partial charge in [-0.05, 0) is 25.3 Å². The average molecular weight is 333 g/mol. The molecule has 0 aromatic carbocycles. The highest BCUT2D eigenvalue weighted by atomic mass is 32.1. The van der Waals surface area contributed by atoms with Crippen LogP contribution in [0.2, 0.25) is 0 Å². The third-order valence-electron chi connectivity index (χ3n) is 3.60. The molecule has 1 atom stereocenters. The molecule has 2 aromatic heterocycles. The molecule has 3 heterocycles. The molecule has 7 nitrogen and oxygen atoms in total. The number of hydrogen-bond donors (Lipinski definition) is 3. The Morgan fingerprint density at radius 1 is 1.35 bits per heavy atom. The van der Waals surface area contributed by atoms with E-state index >= 15 is 0 Å². The molecule has 0 amide bonds. The van der Waals surface area contributed by atoms with E-state index in [1.54, 1.807) is 13.8 Å². The summed E-state index contributed by atoms with van der Waals surface area (Å²) in [5, 5.41) is 4.80. The quantitative estimate of drug-likeness (QED) is 0.739. The van der Waals surface area contributed by atoms with E-state index in [1.807, 2.05) is 17.5 Å². The Kier molecular flexibility index (Phi) is 3.91. The van der Waals surface area contributed by atoms with E-state index in [0.29, 0.717) is 22.7 Å². The maximum atomic E-state index is 12.4. The Bertz CT molecular complexity index is 892. The van der Waals surface area contributed by atoms with Crippen LogP contribution in [0.1, 0.15) is 30.2 Å². The number of fused-ring (bicyclic) bond motifs is 1. The smallest absolute Gasteiger partial charge is 0.336 e. The molecule has 0 saturated heterocycles. The number of nitrogens with one attached hydrogen (secondary N) is 3. The second kappa shape index (κ2) is 5.88. The van der Waals surface area contributed by atoms with Crippen LogP contribution in [0.25, 0.3) is 0 Å². The van der Waals surface area contributed by atoms with E-state index < -0.39 is 23.1 Å². The molecule has 0 bridgehead atoms. The number of aromatic amines is 2. The third kappa shape index (κ3) is 2.61. The van der Waals surface area contributed by atoms with Crippen LogP contribution < -0.4 is 16.6 Å². The van der Waals surface area contributed by atoms with Crippen LogP contribution in [0, 0.1) is 0 Å². The zero-order valence-corrected chi connectivity index (χ0v) is 13.4. The number of hydrogen-bond acceptors (Lipinski definition) is 6. The van der Waals surface area contributed by atoms with Crippen molar-refractivity contribution in [3.8, 4) is 0 Å². The highest BCUT2D eigenvalue weighted by Crippen LogP contribution is 2.40. The van der Waals surface area contributed by atoms with E-state index in [1.165, 1.54) is 11.3 Å². The van der Waals surface area contributed by atoms with Gasteiger partial charge in [-0.25, -0.2) is 9.59 Å². The number of aromatic nitrogens is 2. The van der Waals surface area contributed by atoms with Gasteiger partial charge < -0.3 is 10.1 Å². The van der Waals surface area contributed by atoms with Gasteiger partial charge in [0.15, 0.2) is 0 Å². The van der Waals surface area contributed by atoms with Gasteiger partial charge in [-0.3, -0.25) is 14.8 Å². The van der Waals surface area contributed by atoms with E-state index in [2.05, 4.69) is 15.3 Å². The summed E-state index contributed by atoms with van der Waals surface area (Å²) in [6.07, 6.45) is 0. The number of H-pyrrole nitrogens is 2. The summed E-state index contributed by atoms with van der Waals surface area (Å²) in [5.74, 6) is -0.749. The van der Waals surface area contributed by atoms with E-state index in [4.69, 9.17) is 4.74 Å². The van der Waals surface area contributed by atoms with Gasteiger partial charge >= 0.3 is 11.7 Å². The van der Waals surface area contributed by atoms with Gasteiger partial charge in [0.1, 0.15) is 5.82 Å². The lowest BCUT2D eigenvalue weighted by Crippen LogP contribution is -2.34. The predicted molar refractivity (Wildman–Crippen MR) is 86.8 cm³/mol. The lowest BCUT2D eigenvalue weighted by Gasteiger charge is -2.27. The highest BCUT2D eigenvalue weighted by molar-refractivity contribution is 7.10. The summed E-state index contributed by atoms with van der Waals surface area (Å²) < 4.78 is 5.14. The summed E-state index contributed by atoms with van der Waals surface area (Å²) in [6, 6.07) is 3.70. The van der Waals surface area contributed by atoms with Crippen LogP contribution in [0.15, 0.2) is 38.4 Å². The van der Waals surface area contributed by atoms with Crippen LogP contribution in [-0.4, -0.2) is 22.5 Å². The first-order valence-electron chi connectivity index (χ1n) is 7.07. The number of carbonyl (C=O) groups excluding carboxylic acids is 1. The number of carbonyl (C=O) groups is 1. The summed E-state index contributed by atoms with van der Waals surface area (Å²) in [5.41, 5.74) is 0.109. The normalized spacial score (nSPS) is 16.7. The van der Waals surface area contributed by atoms with Crippen molar-refractivity contribution in [2.45, 2.75) is 19.8 Å². The number of rotatable bonds is 3. The molecule has 0 fully saturated rings. The minimum absolute atomic E-state index is 0.238. The molecule has 0 unspecified atom stereocenters. The van der Waals surface area contributed by atoms with Crippen molar-refractivity contribution < 1.29 is 9.53 Å². The number of anilines is 1. The zero-order chi connectivity index (χ0) is 16.6. The zero-order valence-electron chi connectivity index (χ0n) is 12.6. The lowest BCUT2D eigenvalue weighted by molar-refractivity contribution is -0.138. The van der Waals surface area contributed by atoms with Gasteiger partial charge in [0.25, 0.3) is 5.56 Å². The average Bonchev–Trinajstić information content (AvgIpc) is 2.99. The molecule has 2 aromatic rings. The fourth-order valence-corrected chi connectivity index (χ4v) is 3.55. The van der Waals surface area contributed by atoms with Gasteiger partial charge in [0.05, 0.1) is 23.7 Å². The van der Waals surface area contributed by atoms with E-state index in [-0.39, 0.29) is 6.61 Å². The lowest BCUT2D eigenvalue weighted by atomic mass is 9.86. The van der Waals surface area contributed by atoms with Crippen molar-refractivity contribution in [1.82, 2.24) is 9.97 Å². The first-order valence-corrected chi connectivity index (χ1v) is 7.95. The predicted octanol–water partition coefficient (Wildman–Crippen LogP) is 1.52. The maximum Gasteiger partial charge on any atom is 0.336 e. The van der Waals surface area contributed by atoms with Gasteiger partial charge in [-0.1, -0.05) is 6.07 Å². The molecular formula is C15H15N3O4S. The molecule has 23 heavy (non-hydrogen) atoms. The molecule has 3 N–H and O–H groups in total. The second-order valence-electron chi connectivity index (χ2n) is 5.03. The fraction of sp³-hybridized carbons (Fsp3) is 0.267. The highest BCUT2D eigenvalue weighted by Gasteiger charge is 2.36. The van der Waals surface area contributed by atoms with Crippen LogP contribution in [-0.2, 0) is 9.53 Å². The molecular weight excluding hydrogens is 318 g/mol. The number of thiophene rings is 1. The Morgan fingerprint density at radius 2 is 2.13 bits per heavy atom. The minimum Gasteiger partial charge on any atom is -0.463 e. The standard InChI is InChI=1S/C15H15N3O4S/c1-3-22-14(20)9-7(2)16-12-11(13(19)18-15(21)17-12)10(9)8-5-4-6-23-8/h4-6,10H,3H2,1-2H3,(H3,16,17,18,19,21)/t10-/m0/s1. The second-order valence-corrected chi connectivity index (χ2v) is 6.01. The number of esters is 1. The maximum absolute atomic E-state index is 12.4. The Labute approximate surface area is 135 Å². The van der Waals surface area contributed by atoms with Crippen molar-refractivity contribution in [2.75, 3.05) is 11.9 Å². The van der Waals surface area contributed by atoms with Crippen LogP contribution in [0.5, 0.6) is 0 Å². The minimum atomic E-state index is -0.599. The fourth-order valence-electron chi connectivity index (χ4n) is 2.71. The molecule has 0 radical (unpaired) electrons. The first kappa shape index (κ1) is 15.3. The van der Waals surface area contributed by atoms with Gasteiger partial charge in [0.2, 0.25) is 0 Å². The van der Waals surface area contributed by atoms with Crippen LogP contribution >= 0.6 is 11.3 Å². The Balaban J connectivity index is 2.26. The molecule has 1 aliphatic rings. The molecule has 120 valence electrons. The van der Waals surface area contributed by atoms with E-state index in [9.17, 15) is 14.4 Å². The largest absolute Gasteiger partial charge is 0.463 e. The number of allylic oxidation sites excluding steroid dienone is 1. The molecule has 0 spiro atoms. The summed E-state index contributed by atoms with van der Waals surface area (Å²) >= 11 is 1.43. The van der Waals surface area contributed by atoms with Gasteiger partial charge in [0, 0.05) is 10.6 Å². The summed E-state index contributed by atoms with van der Waals surface area (Å²) in [7, 11) is 0. The van der Waals surface area contributed by atoms with Gasteiger partial charge in [-0.2, -0.15) is 0 Å². The Hall–Kier alpha value is -2.61. The van der Waals surface area contributed by atoms with Crippen LogP contribution in [0.4, 0.5) is 5.82 Å². The van der Waals surface area contributed by atoms with E-state index in [0.717, 1.165) is 4.88 Å². The molecule has 1 aliphatic heterocycles.